The summed E-state index contributed by atoms with van der Waals surface area (Å²) >= 11 is 0. The van der Waals surface area contributed by atoms with Gasteiger partial charge in [-0.1, -0.05) is 29.8 Å². The summed E-state index contributed by atoms with van der Waals surface area (Å²) in [5.74, 6) is -0.112. The number of amides is 1. The predicted octanol–water partition coefficient (Wildman–Crippen LogP) is 1.84. The quantitative estimate of drug-likeness (QED) is 0.752. The molecule has 0 saturated heterocycles. The Balaban J connectivity index is 2.33. The highest BCUT2D eigenvalue weighted by Gasteiger charge is 2.09. The number of hydrogen-bond acceptors (Lipinski definition) is 3. The lowest BCUT2D eigenvalue weighted by molar-refractivity contribution is -0.126. The third-order valence-corrected chi connectivity index (χ3v) is 2.62. The number of hydrogen-bond donors (Lipinski definition) is 1. The molecule has 0 fully saturated rings. The first kappa shape index (κ1) is 14.7. The maximum atomic E-state index is 11.6. The Kier molecular flexibility index (Phi) is 6.39. The zero-order chi connectivity index (χ0) is 13.4. The van der Waals surface area contributed by atoms with Crippen molar-refractivity contribution in [1.29, 1.82) is 0 Å². The van der Waals surface area contributed by atoms with Crippen LogP contribution in [0.5, 0.6) is 0 Å². The predicted molar refractivity (Wildman–Crippen MR) is 70.4 cm³/mol. The highest BCUT2D eigenvalue weighted by Crippen LogP contribution is 2.12. The second-order valence-corrected chi connectivity index (χ2v) is 4.25. The summed E-state index contributed by atoms with van der Waals surface area (Å²) in [5, 5.41) is 2.89. The van der Waals surface area contributed by atoms with Crippen molar-refractivity contribution in [2.45, 2.75) is 19.9 Å². The van der Waals surface area contributed by atoms with Gasteiger partial charge in [0, 0.05) is 7.11 Å². The van der Waals surface area contributed by atoms with Crippen molar-refractivity contribution in [3.63, 3.8) is 0 Å². The maximum Gasteiger partial charge on any atom is 0.246 e. The number of nitrogens with one attached hydrogen (secondary N) is 1. The fourth-order valence-corrected chi connectivity index (χ4v) is 1.53. The van der Waals surface area contributed by atoms with E-state index in [2.05, 4.69) is 5.32 Å². The van der Waals surface area contributed by atoms with Crippen molar-refractivity contribution in [3.8, 4) is 0 Å². The fourth-order valence-electron chi connectivity index (χ4n) is 1.53. The molecular formula is C14H21NO3. The summed E-state index contributed by atoms with van der Waals surface area (Å²) in [6.07, 6.45) is 0. The van der Waals surface area contributed by atoms with E-state index in [9.17, 15) is 4.79 Å². The summed E-state index contributed by atoms with van der Waals surface area (Å²) in [5.41, 5.74) is 2.30. The highest BCUT2D eigenvalue weighted by molar-refractivity contribution is 5.77. The van der Waals surface area contributed by atoms with Gasteiger partial charge in [0.25, 0.3) is 0 Å². The van der Waals surface area contributed by atoms with Gasteiger partial charge in [0.1, 0.15) is 6.61 Å². The third-order valence-electron chi connectivity index (χ3n) is 2.62. The van der Waals surface area contributed by atoms with Crippen LogP contribution in [0.4, 0.5) is 0 Å². The number of ether oxygens (including phenoxy) is 2. The second kappa shape index (κ2) is 7.84. The van der Waals surface area contributed by atoms with Crippen LogP contribution in [0.3, 0.4) is 0 Å². The molecule has 0 spiro atoms. The Labute approximate surface area is 108 Å². The van der Waals surface area contributed by atoms with E-state index >= 15 is 0 Å². The number of carbonyl (C=O) groups is 1. The van der Waals surface area contributed by atoms with Crippen molar-refractivity contribution in [2.24, 2.45) is 0 Å². The number of aryl methyl sites for hydroxylation is 1. The molecule has 18 heavy (non-hydrogen) atoms. The number of rotatable bonds is 7. The Morgan fingerprint density at radius 3 is 2.56 bits per heavy atom. The molecule has 1 N–H and O–H groups in total. The van der Waals surface area contributed by atoms with Gasteiger partial charge in [-0.25, -0.2) is 0 Å². The molecule has 100 valence electrons. The Morgan fingerprint density at radius 2 is 1.94 bits per heavy atom. The molecule has 4 heteroatoms. The Morgan fingerprint density at radius 1 is 1.28 bits per heavy atom. The molecular weight excluding hydrogens is 230 g/mol. The van der Waals surface area contributed by atoms with Gasteiger partial charge in [-0.3, -0.25) is 4.79 Å². The van der Waals surface area contributed by atoms with Crippen LogP contribution in [0.2, 0.25) is 0 Å². The Hall–Kier alpha value is -1.39. The monoisotopic (exact) mass is 251 g/mol. The van der Waals surface area contributed by atoms with Crippen LogP contribution in [-0.4, -0.2) is 32.8 Å². The van der Waals surface area contributed by atoms with Crippen LogP contribution in [0.1, 0.15) is 24.1 Å². The summed E-state index contributed by atoms with van der Waals surface area (Å²) in [6.45, 7) is 5.00. The molecule has 0 aromatic heterocycles. The van der Waals surface area contributed by atoms with Crippen LogP contribution < -0.4 is 5.32 Å². The molecule has 0 unspecified atom stereocenters. The molecule has 0 saturated carbocycles. The number of methoxy groups -OCH3 is 1. The smallest absolute Gasteiger partial charge is 0.246 e. The molecule has 0 radical (unpaired) electrons. The van der Waals surface area contributed by atoms with Crippen LogP contribution in [0, 0.1) is 6.92 Å². The van der Waals surface area contributed by atoms with Gasteiger partial charge in [0.2, 0.25) is 5.91 Å². The Bertz CT molecular complexity index is 362. The van der Waals surface area contributed by atoms with Crippen LogP contribution in [0.15, 0.2) is 24.3 Å². The van der Waals surface area contributed by atoms with E-state index in [1.165, 1.54) is 5.56 Å². The molecule has 1 rings (SSSR count). The lowest BCUT2D eigenvalue weighted by atomic mass is 10.1. The van der Waals surface area contributed by atoms with E-state index in [0.717, 1.165) is 5.56 Å². The number of benzene rings is 1. The van der Waals surface area contributed by atoms with Gasteiger partial charge in [-0.2, -0.15) is 0 Å². The average molecular weight is 251 g/mol. The number of carbonyl (C=O) groups excluding carboxylic acids is 1. The zero-order valence-corrected chi connectivity index (χ0v) is 11.2. The van der Waals surface area contributed by atoms with E-state index in [4.69, 9.17) is 9.47 Å². The molecule has 0 bridgehead atoms. The van der Waals surface area contributed by atoms with Gasteiger partial charge in [-0.15, -0.1) is 0 Å². The first-order valence-electron chi connectivity index (χ1n) is 6.06. The van der Waals surface area contributed by atoms with Crippen molar-refractivity contribution in [3.05, 3.63) is 35.4 Å². The standard InChI is InChI=1S/C14H21NO3/c1-11-4-6-13(7-5-11)12(2)15-14(16)10-18-9-8-17-3/h4-7,12H,8-10H2,1-3H3,(H,15,16)/t12-/m1/s1. The normalized spacial score (nSPS) is 12.2. The van der Waals surface area contributed by atoms with Crippen LogP contribution in [-0.2, 0) is 14.3 Å². The lowest BCUT2D eigenvalue weighted by Crippen LogP contribution is -2.30. The van der Waals surface area contributed by atoms with E-state index in [1.807, 2.05) is 38.1 Å². The molecule has 1 amide bonds. The lowest BCUT2D eigenvalue weighted by Gasteiger charge is -2.14. The van der Waals surface area contributed by atoms with Gasteiger partial charge in [0.15, 0.2) is 0 Å². The zero-order valence-electron chi connectivity index (χ0n) is 11.2. The van der Waals surface area contributed by atoms with E-state index in [0.29, 0.717) is 13.2 Å². The van der Waals surface area contributed by atoms with Crippen LogP contribution in [0.25, 0.3) is 0 Å². The van der Waals surface area contributed by atoms with E-state index in [-0.39, 0.29) is 18.6 Å². The molecule has 0 aliphatic rings. The SMILES string of the molecule is COCCOCC(=O)N[C@H](C)c1ccc(C)cc1. The van der Waals surface area contributed by atoms with Crippen molar-refractivity contribution < 1.29 is 14.3 Å². The van der Waals surface area contributed by atoms with Gasteiger partial charge >= 0.3 is 0 Å². The van der Waals surface area contributed by atoms with E-state index in [1.54, 1.807) is 7.11 Å². The van der Waals surface area contributed by atoms with Gasteiger partial charge in [-0.05, 0) is 19.4 Å². The maximum absolute atomic E-state index is 11.6. The largest absolute Gasteiger partial charge is 0.382 e. The summed E-state index contributed by atoms with van der Waals surface area (Å²) < 4.78 is 9.98. The first-order valence-corrected chi connectivity index (χ1v) is 6.06. The molecule has 0 heterocycles. The molecule has 0 aliphatic carbocycles. The van der Waals surface area contributed by atoms with Crippen molar-refractivity contribution in [1.82, 2.24) is 5.32 Å². The van der Waals surface area contributed by atoms with Crippen molar-refractivity contribution in [2.75, 3.05) is 26.9 Å². The van der Waals surface area contributed by atoms with Crippen molar-refractivity contribution >= 4 is 5.91 Å². The summed E-state index contributed by atoms with van der Waals surface area (Å²) in [6, 6.07) is 8.10. The highest BCUT2D eigenvalue weighted by atomic mass is 16.5. The van der Waals surface area contributed by atoms with Gasteiger partial charge in [0.05, 0.1) is 19.3 Å². The average Bonchev–Trinajstić information content (AvgIpc) is 2.35. The summed E-state index contributed by atoms with van der Waals surface area (Å²) in [7, 11) is 1.60. The minimum absolute atomic E-state index is 0.0101. The van der Waals surface area contributed by atoms with E-state index < -0.39 is 0 Å². The molecule has 0 aliphatic heterocycles. The summed E-state index contributed by atoms with van der Waals surface area (Å²) in [4.78, 5) is 11.6. The van der Waals surface area contributed by atoms with Crippen LogP contribution >= 0.6 is 0 Å². The molecule has 1 aromatic rings. The van der Waals surface area contributed by atoms with Gasteiger partial charge < -0.3 is 14.8 Å². The fraction of sp³-hybridized carbons (Fsp3) is 0.500. The second-order valence-electron chi connectivity index (χ2n) is 4.25. The topological polar surface area (TPSA) is 47.6 Å². The molecule has 4 nitrogen and oxygen atoms in total. The minimum atomic E-state index is -0.112. The minimum Gasteiger partial charge on any atom is -0.382 e. The third kappa shape index (κ3) is 5.29. The first-order chi connectivity index (χ1) is 8.63. The molecule has 1 aromatic carbocycles. The molecule has 1 atom stereocenters.